The summed E-state index contributed by atoms with van der Waals surface area (Å²) in [5.74, 6) is -1.73. The van der Waals surface area contributed by atoms with Crippen LogP contribution in [0.2, 0.25) is 0 Å². The fourth-order valence-corrected chi connectivity index (χ4v) is 6.47. The normalized spacial score (nSPS) is 14.2. The maximum absolute atomic E-state index is 13.8. The van der Waals surface area contributed by atoms with Crippen LogP contribution in [0.15, 0.2) is 85.1 Å². The number of piperidine rings is 1. The van der Waals surface area contributed by atoms with Gasteiger partial charge in [0.2, 0.25) is 5.91 Å². The summed E-state index contributed by atoms with van der Waals surface area (Å²) in [6.45, 7) is 6.88. The Balaban J connectivity index is 1.35. The van der Waals surface area contributed by atoms with Crippen molar-refractivity contribution in [1.29, 1.82) is 0 Å². The molecule has 2 heterocycles. The third-order valence-electron chi connectivity index (χ3n) is 9.44. The van der Waals surface area contributed by atoms with E-state index in [1.165, 1.54) is 30.5 Å². The van der Waals surface area contributed by atoms with E-state index in [4.69, 9.17) is 4.74 Å². The lowest BCUT2D eigenvalue weighted by molar-refractivity contribution is -0.137. The molecule has 5 rings (SSSR count). The second-order valence-electron chi connectivity index (χ2n) is 13.1. The Labute approximate surface area is 318 Å². The van der Waals surface area contributed by atoms with Crippen molar-refractivity contribution >= 4 is 35.0 Å². The summed E-state index contributed by atoms with van der Waals surface area (Å²) in [5, 5.41) is 8.48. The first-order chi connectivity index (χ1) is 26.4. The van der Waals surface area contributed by atoms with Gasteiger partial charge >= 0.3 is 6.18 Å². The zero-order valence-electron chi connectivity index (χ0n) is 31.0. The largest absolute Gasteiger partial charge is 0.416 e. The average molecular weight is 759 g/mol. The van der Waals surface area contributed by atoms with Crippen molar-refractivity contribution < 1.29 is 37.1 Å². The SMILES string of the molecule is CCN(CC)c1ccc(NC(=O)c2cccc(C(=O)N3CCC[C@H](C(=O)NCCOC)C3)c2)c(-c2cc(C(=O)NCc3cccc(C(F)(F)F)c3)ccn2)c1. The van der Waals surface area contributed by atoms with Crippen molar-refractivity contribution in [2.45, 2.75) is 39.4 Å². The third-order valence-corrected chi connectivity index (χ3v) is 9.44. The molecule has 4 amide bonds. The van der Waals surface area contributed by atoms with Gasteiger partial charge in [-0.25, -0.2) is 0 Å². The molecule has 3 aromatic carbocycles. The Morgan fingerprint density at radius 1 is 0.891 bits per heavy atom. The van der Waals surface area contributed by atoms with E-state index in [0.29, 0.717) is 73.7 Å². The Morgan fingerprint density at radius 3 is 2.38 bits per heavy atom. The molecule has 0 bridgehead atoms. The van der Waals surface area contributed by atoms with Crippen LogP contribution in [0, 0.1) is 5.92 Å². The van der Waals surface area contributed by atoms with Crippen LogP contribution < -0.4 is 20.9 Å². The highest BCUT2D eigenvalue weighted by Crippen LogP contribution is 2.33. The number of nitrogens with zero attached hydrogens (tertiary/aromatic N) is 3. The van der Waals surface area contributed by atoms with E-state index < -0.39 is 23.6 Å². The first-order valence-electron chi connectivity index (χ1n) is 18.2. The van der Waals surface area contributed by atoms with Crippen molar-refractivity contribution in [3.8, 4) is 11.3 Å². The lowest BCUT2D eigenvalue weighted by Crippen LogP contribution is -2.46. The van der Waals surface area contributed by atoms with Crippen LogP contribution in [0.3, 0.4) is 0 Å². The predicted octanol–water partition coefficient (Wildman–Crippen LogP) is 6.41. The summed E-state index contributed by atoms with van der Waals surface area (Å²) in [7, 11) is 1.56. The van der Waals surface area contributed by atoms with Crippen molar-refractivity contribution in [1.82, 2.24) is 20.5 Å². The molecule has 1 aromatic heterocycles. The number of aromatic nitrogens is 1. The molecule has 55 heavy (non-hydrogen) atoms. The van der Waals surface area contributed by atoms with E-state index in [2.05, 4.69) is 25.8 Å². The second-order valence-corrected chi connectivity index (χ2v) is 13.1. The minimum absolute atomic E-state index is 0.122. The highest BCUT2D eigenvalue weighted by Gasteiger charge is 2.31. The Morgan fingerprint density at radius 2 is 1.64 bits per heavy atom. The molecule has 1 fully saturated rings. The van der Waals surface area contributed by atoms with E-state index in [1.807, 2.05) is 26.0 Å². The van der Waals surface area contributed by atoms with Crippen LogP contribution in [-0.2, 0) is 22.3 Å². The molecule has 11 nitrogen and oxygen atoms in total. The molecule has 0 saturated carbocycles. The molecule has 1 saturated heterocycles. The van der Waals surface area contributed by atoms with E-state index in [0.717, 1.165) is 17.8 Å². The van der Waals surface area contributed by atoms with Gasteiger partial charge in [-0.15, -0.1) is 0 Å². The zero-order valence-corrected chi connectivity index (χ0v) is 31.0. The summed E-state index contributed by atoms with van der Waals surface area (Å²) in [6.07, 6.45) is -1.71. The first kappa shape index (κ1) is 40.4. The van der Waals surface area contributed by atoms with Gasteiger partial charge in [0, 0.05) is 80.5 Å². The number of likely N-dealkylation sites (tertiary alicyclic amines) is 1. The number of nitrogens with one attached hydrogen (secondary N) is 3. The lowest BCUT2D eigenvalue weighted by atomic mass is 9.96. The number of alkyl halides is 3. The monoisotopic (exact) mass is 758 g/mol. The predicted molar refractivity (Wildman–Crippen MR) is 204 cm³/mol. The molecule has 290 valence electrons. The maximum Gasteiger partial charge on any atom is 0.416 e. The maximum atomic E-state index is 13.8. The molecule has 1 atom stereocenters. The van der Waals surface area contributed by atoms with Crippen molar-refractivity contribution in [2.24, 2.45) is 5.92 Å². The van der Waals surface area contributed by atoms with Crippen LogP contribution in [0.1, 0.15) is 68.9 Å². The number of pyridine rings is 1. The van der Waals surface area contributed by atoms with Gasteiger partial charge in [-0.1, -0.05) is 18.2 Å². The van der Waals surface area contributed by atoms with Gasteiger partial charge in [0.1, 0.15) is 0 Å². The van der Waals surface area contributed by atoms with Gasteiger partial charge in [-0.2, -0.15) is 13.2 Å². The van der Waals surface area contributed by atoms with E-state index in [9.17, 15) is 32.3 Å². The lowest BCUT2D eigenvalue weighted by Gasteiger charge is -2.32. The number of benzene rings is 3. The van der Waals surface area contributed by atoms with Crippen LogP contribution in [0.25, 0.3) is 11.3 Å². The summed E-state index contributed by atoms with van der Waals surface area (Å²) in [6, 6.07) is 19.7. The Bertz CT molecular complexity index is 2000. The number of ether oxygens (including phenoxy) is 1. The quantitative estimate of drug-likeness (QED) is 0.127. The van der Waals surface area contributed by atoms with Crippen LogP contribution >= 0.6 is 0 Å². The van der Waals surface area contributed by atoms with Gasteiger partial charge in [0.15, 0.2) is 0 Å². The second kappa shape index (κ2) is 18.5. The molecular formula is C41H45F3N6O5. The molecule has 0 unspecified atom stereocenters. The van der Waals surface area contributed by atoms with E-state index >= 15 is 0 Å². The summed E-state index contributed by atoms with van der Waals surface area (Å²) < 4.78 is 44.6. The van der Waals surface area contributed by atoms with Gasteiger partial charge in [-0.3, -0.25) is 24.2 Å². The fourth-order valence-electron chi connectivity index (χ4n) is 6.47. The average Bonchev–Trinajstić information content (AvgIpc) is 3.20. The Hall–Kier alpha value is -5.76. The van der Waals surface area contributed by atoms with Crippen LogP contribution in [-0.4, -0.2) is 80.0 Å². The topological polar surface area (TPSA) is 133 Å². The summed E-state index contributed by atoms with van der Waals surface area (Å²) in [4.78, 5) is 61.5. The Kier molecular flexibility index (Phi) is 13.6. The zero-order chi connectivity index (χ0) is 39.5. The number of amides is 4. The minimum atomic E-state index is -4.50. The van der Waals surface area contributed by atoms with E-state index in [1.54, 1.807) is 42.3 Å². The molecule has 4 aromatic rings. The molecule has 0 radical (unpaired) electrons. The number of halogens is 3. The molecule has 0 spiro atoms. The third kappa shape index (κ3) is 10.5. The van der Waals surface area contributed by atoms with Gasteiger partial charge < -0.3 is 30.5 Å². The number of carbonyl (C=O) groups is 4. The number of hydrogen-bond acceptors (Lipinski definition) is 7. The molecule has 14 heteroatoms. The smallest absolute Gasteiger partial charge is 0.383 e. The number of hydrogen-bond donors (Lipinski definition) is 3. The molecule has 3 N–H and O–H groups in total. The van der Waals surface area contributed by atoms with Gasteiger partial charge in [0.25, 0.3) is 17.7 Å². The molecule has 1 aliphatic heterocycles. The number of methoxy groups -OCH3 is 1. The number of rotatable bonds is 14. The molecule has 0 aliphatic carbocycles. The fraction of sp³-hybridized carbons (Fsp3) is 0.341. The number of carbonyl (C=O) groups excluding carboxylic acids is 4. The van der Waals surface area contributed by atoms with Crippen LogP contribution in [0.4, 0.5) is 24.5 Å². The highest BCUT2D eigenvalue weighted by atomic mass is 19.4. The van der Waals surface area contributed by atoms with Gasteiger partial charge in [0.05, 0.1) is 29.5 Å². The van der Waals surface area contributed by atoms with Crippen molar-refractivity contribution in [3.05, 3.63) is 113 Å². The minimum Gasteiger partial charge on any atom is -0.383 e. The number of anilines is 2. The standard InChI is InChI=1S/C41H45F3N6O5/c1-4-49(5-2)33-14-15-35(34(24-33)36-23-29(16-17-45-36)37(51)47-25-27-9-6-13-32(21-27)41(42,43)44)48-39(53)28-10-7-11-30(22-28)40(54)50-19-8-12-31(26-50)38(52)46-18-20-55-3/h6-7,9-11,13-17,21-24,31H,4-5,8,12,18-20,25-26H2,1-3H3,(H,46,52)(H,47,51)(H,48,53)/t31-/m0/s1. The first-order valence-corrected chi connectivity index (χ1v) is 18.2. The van der Waals surface area contributed by atoms with Crippen molar-refractivity contribution in [3.63, 3.8) is 0 Å². The van der Waals surface area contributed by atoms with Crippen molar-refractivity contribution in [2.75, 3.05) is 56.7 Å². The summed E-state index contributed by atoms with van der Waals surface area (Å²) in [5.41, 5.74) is 2.45. The molecular weight excluding hydrogens is 713 g/mol. The highest BCUT2D eigenvalue weighted by molar-refractivity contribution is 6.08. The van der Waals surface area contributed by atoms with E-state index in [-0.39, 0.29) is 41.9 Å². The van der Waals surface area contributed by atoms with Crippen LogP contribution in [0.5, 0.6) is 0 Å². The van der Waals surface area contributed by atoms with Gasteiger partial charge in [-0.05, 0) is 92.9 Å². The summed E-state index contributed by atoms with van der Waals surface area (Å²) >= 11 is 0. The molecule has 1 aliphatic rings.